The van der Waals surface area contributed by atoms with Crippen LogP contribution in [-0.4, -0.2) is 17.6 Å². The Balaban J connectivity index is 1.93. The van der Waals surface area contributed by atoms with Crippen molar-refractivity contribution in [2.24, 2.45) is 11.8 Å². The lowest BCUT2D eigenvalue weighted by atomic mass is 9.80. The van der Waals surface area contributed by atoms with Crippen molar-refractivity contribution in [3.8, 4) is 5.75 Å². The highest BCUT2D eigenvalue weighted by atomic mass is 16.3. The molecule has 3 heteroatoms. The number of hydrogen-bond donors (Lipinski definition) is 2. The summed E-state index contributed by atoms with van der Waals surface area (Å²) in [4.78, 5) is 12.1. The molecule has 2 unspecified atom stereocenters. The van der Waals surface area contributed by atoms with E-state index in [9.17, 15) is 9.90 Å². The maximum Gasteiger partial charge on any atom is 0.255 e. The summed E-state index contributed by atoms with van der Waals surface area (Å²) in [6.07, 6.45) is 5.03. The van der Waals surface area contributed by atoms with Crippen LogP contribution in [-0.2, 0) is 0 Å². The molecule has 0 aromatic heterocycles. The Morgan fingerprint density at radius 3 is 2.79 bits per heavy atom. The SMILES string of the molecule is Cc1ccc(C(=O)NCC2CCCCC2C)c(O)c1. The van der Waals surface area contributed by atoms with Crippen LogP contribution in [0.3, 0.4) is 0 Å². The molecule has 1 aromatic rings. The van der Waals surface area contributed by atoms with Gasteiger partial charge < -0.3 is 10.4 Å². The van der Waals surface area contributed by atoms with Gasteiger partial charge in [-0.3, -0.25) is 4.79 Å². The number of carbonyl (C=O) groups is 1. The van der Waals surface area contributed by atoms with Crippen LogP contribution in [0, 0.1) is 18.8 Å². The number of phenols is 1. The fourth-order valence-corrected chi connectivity index (χ4v) is 2.85. The maximum absolute atomic E-state index is 12.1. The van der Waals surface area contributed by atoms with Gasteiger partial charge in [0.2, 0.25) is 0 Å². The Morgan fingerprint density at radius 2 is 2.11 bits per heavy atom. The average molecular weight is 261 g/mol. The van der Waals surface area contributed by atoms with Gasteiger partial charge in [0.25, 0.3) is 5.91 Å². The molecule has 1 amide bonds. The molecule has 0 saturated heterocycles. The lowest BCUT2D eigenvalue weighted by Gasteiger charge is -2.28. The van der Waals surface area contributed by atoms with E-state index in [2.05, 4.69) is 12.2 Å². The Bertz CT molecular complexity index is 456. The Hall–Kier alpha value is -1.51. The third kappa shape index (κ3) is 3.49. The van der Waals surface area contributed by atoms with E-state index in [0.717, 1.165) is 5.56 Å². The molecule has 19 heavy (non-hydrogen) atoms. The number of benzene rings is 1. The molecule has 1 saturated carbocycles. The van der Waals surface area contributed by atoms with Crippen molar-refractivity contribution in [3.63, 3.8) is 0 Å². The van der Waals surface area contributed by atoms with Gasteiger partial charge in [-0.25, -0.2) is 0 Å². The molecule has 0 radical (unpaired) electrons. The lowest BCUT2D eigenvalue weighted by Crippen LogP contribution is -2.33. The number of aromatic hydroxyl groups is 1. The zero-order valence-electron chi connectivity index (χ0n) is 11.8. The maximum atomic E-state index is 12.1. The van der Waals surface area contributed by atoms with Gasteiger partial charge in [0.15, 0.2) is 0 Å². The highest BCUT2D eigenvalue weighted by molar-refractivity contribution is 5.96. The van der Waals surface area contributed by atoms with Crippen LogP contribution in [0.25, 0.3) is 0 Å². The molecular weight excluding hydrogens is 238 g/mol. The first-order valence-corrected chi connectivity index (χ1v) is 7.15. The largest absolute Gasteiger partial charge is 0.507 e. The fourth-order valence-electron chi connectivity index (χ4n) is 2.85. The summed E-state index contributed by atoms with van der Waals surface area (Å²) in [6.45, 7) is 4.87. The Labute approximate surface area is 115 Å². The highest BCUT2D eigenvalue weighted by Gasteiger charge is 2.22. The fraction of sp³-hybridized carbons (Fsp3) is 0.562. The number of nitrogens with one attached hydrogen (secondary N) is 1. The third-order valence-electron chi connectivity index (χ3n) is 4.21. The van der Waals surface area contributed by atoms with Gasteiger partial charge in [-0.15, -0.1) is 0 Å². The molecule has 1 aliphatic carbocycles. The van der Waals surface area contributed by atoms with Gasteiger partial charge in [-0.05, 0) is 42.9 Å². The second-order valence-corrected chi connectivity index (χ2v) is 5.75. The Kier molecular flexibility index (Phi) is 4.46. The predicted molar refractivity (Wildman–Crippen MR) is 76.3 cm³/mol. The van der Waals surface area contributed by atoms with Crippen molar-refractivity contribution in [3.05, 3.63) is 29.3 Å². The second-order valence-electron chi connectivity index (χ2n) is 5.75. The van der Waals surface area contributed by atoms with Crippen LogP contribution in [0.15, 0.2) is 18.2 Å². The predicted octanol–water partition coefficient (Wildman–Crippen LogP) is 3.26. The highest BCUT2D eigenvalue weighted by Crippen LogP contribution is 2.29. The van der Waals surface area contributed by atoms with E-state index in [1.807, 2.05) is 13.0 Å². The van der Waals surface area contributed by atoms with Crippen molar-refractivity contribution in [1.82, 2.24) is 5.32 Å². The molecular formula is C16H23NO2. The summed E-state index contributed by atoms with van der Waals surface area (Å²) < 4.78 is 0. The molecule has 1 aromatic carbocycles. The standard InChI is InChI=1S/C16H23NO2/c1-11-7-8-14(15(18)9-11)16(19)17-10-13-6-4-3-5-12(13)2/h7-9,12-13,18H,3-6,10H2,1-2H3,(H,17,19). The number of hydrogen-bond acceptors (Lipinski definition) is 2. The molecule has 104 valence electrons. The van der Waals surface area contributed by atoms with E-state index in [1.165, 1.54) is 25.7 Å². The Morgan fingerprint density at radius 1 is 1.37 bits per heavy atom. The summed E-state index contributed by atoms with van der Waals surface area (Å²) >= 11 is 0. The minimum atomic E-state index is -0.171. The first kappa shape index (κ1) is 13.9. The molecule has 0 aliphatic heterocycles. The van der Waals surface area contributed by atoms with E-state index in [4.69, 9.17) is 0 Å². The average Bonchev–Trinajstić information content (AvgIpc) is 2.37. The molecule has 2 N–H and O–H groups in total. The molecule has 0 bridgehead atoms. The third-order valence-corrected chi connectivity index (χ3v) is 4.21. The summed E-state index contributed by atoms with van der Waals surface area (Å²) in [5.41, 5.74) is 1.32. The van der Waals surface area contributed by atoms with Gasteiger partial charge in [0.05, 0.1) is 5.56 Å². The quantitative estimate of drug-likeness (QED) is 0.877. The van der Waals surface area contributed by atoms with Crippen molar-refractivity contribution < 1.29 is 9.90 Å². The summed E-state index contributed by atoms with van der Waals surface area (Å²) in [5.74, 6) is 1.15. The molecule has 2 rings (SSSR count). The lowest BCUT2D eigenvalue weighted by molar-refractivity contribution is 0.0934. The zero-order chi connectivity index (χ0) is 13.8. The van der Waals surface area contributed by atoms with Gasteiger partial charge in [0.1, 0.15) is 5.75 Å². The summed E-state index contributed by atoms with van der Waals surface area (Å²) in [7, 11) is 0. The zero-order valence-corrected chi connectivity index (χ0v) is 11.8. The van der Waals surface area contributed by atoms with Crippen molar-refractivity contribution in [2.45, 2.75) is 39.5 Å². The van der Waals surface area contributed by atoms with E-state index in [1.54, 1.807) is 12.1 Å². The van der Waals surface area contributed by atoms with Crippen LogP contribution in [0.5, 0.6) is 5.75 Å². The summed E-state index contributed by atoms with van der Waals surface area (Å²) in [5, 5.41) is 12.8. The van der Waals surface area contributed by atoms with Crippen molar-refractivity contribution in [2.75, 3.05) is 6.54 Å². The van der Waals surface area contributed by atoms with Crippen LogP contribution >= 0.6 is 0 Å². The van der Waals surface area contributed by atoms with Gasteiger partial charge >= 0.3 is 0 Å². The topological polar surface area (TPSA) is 49.3 Å². The van der Waals surface area contributed by atoms with Crippen LogP contribution in [0.2, 0.25) is 0 Å². The second kappa shape index (κ2) is 6.09. The first-order valence-electron chi connectivity index (χ1n) is 7.15. The number of aryl methyl sites for hydroxylation is 1. The summed E-state index contributed by atoms with van der Waals surface area (Å²) in [6, 6.07) is 5.15. The van der Waals surface area contributed by atoms with E-state index >= 15 is 0 Å². The van der Waals surface area contributed by atoms with Gasteiger partial charge in [0, 0.05) is 6.54 Å². The normalized spacial score (nSPS) is 23.1. The smallest absolute Gasteiger partial charge is 0.255 e. The molecule has 1 fully saturated rings. The first-order chi connectivity index (χ1) is 9.08. The molecule has 2 atom stereocenters. The van der Waals surface area contributed by atoms with Gasteiger partial charge in [-0.1, -0.05) is 32.3 Å². The van der Waals surface area contributed by atoms with Gasteiger partial charge in [-0.2, -0.15) is 0 Å². The van der Waals surface area contributed by atoms with E-state index in [-0.39, 0.29) is 11.7 Å². The van der Waals surface area contributed by atoms with Crippen LogP contribution in [0.4, 0.5) is 0 Å². The minimum Gasteiger partial charge on any atom is -0.507 e. The minimum absolute atomic E-state index is 0.0641. The number of rotatable bonds is 3. The molecule has 1 aliphatic rings. The number of amides is 1. The molecule has 0 heterocycles. The molecule has 3 nitrogen and oxygen atoms in total. The van der Waals surface area contributed by atoms with Crippen LogP contribution < -0.4 is 5.32 Å². The monoisotopic (exact) mass is 261 g/mol. The number of phenolic OH excluding ortho intramolecular Hbond substituents is 1. The van der Waals surface area contributed by atoms with Crippen LogP contribution in [0.1, 0.15) is 48.5 Å². The molecule has 0 spiro atoms. The van der Waals surface area contributed by atoms with Crippen molar-refractivity contribution in [1.29, 1.82) is 0 Å². The number of carbonyl (C=O) groups excluding carboxylic acids is 1. The van der Waals surface area contributed by atoms with Crippen molar-refractivity contribution >= 4 is 5.91 Å². The van der Waals surface area contributed by atoms with E-state index < -0.39 is 0 Å². The van der Waals surface area contributed by atoms with E-state index in [0.29, 0.717) is 23.9 Å².